The normalized spacial score (nSPS) is 19.6. The predicted molar refractivity (Wildman–Crippen MR) is 110 cm³/mol. The third-order valence-electron chi connectivity index (χ3n) is 4.62. The summed E-state index contributed by atoms with van der Waals surface area (Å²) in [7, 11) is -2.36. The Morgan fingerprint density at radius 1 is 1.21 bits per heavy atom. The van der Waals surface area contributed by atoms with E-state index in [9.17, 15) is 17.6 Å². The first-order chi connectivity index (χ1) is 13.5. The zero-order chi connectivity index (χ0) is 21.6. The number of benzene rings is 2. The molecule has 0 saturated carbocycles. The number of carbonyl (C=O) groups is 1. The molecule has 0 saturated heterocycles. The molecule has 154 valence electrons. The van der Waals surface area contributed by atoms with Gasteiger partial charge >= 0.3 is 10.1 Å². The number of nitrogens with two attached hydrogens (primary N) is 1. The van der Waals surface area contributed by atoms with E-state index in [1.807, 2.05) is 0 Å². The van der Waals surface area contributed by atoms with Crippen molar-refractivity contribution in [3.8, 4) is 5.75 Å². The van der Waals surface area contributed by atoms with Crippen LogP contribution in [0.25, 0.3) is 0 Å². The summed E-state index contributed by atoms with van der Waals surface area (Å²) >= 11 is 3.13. The third kappa shape index (κ3) is 3.62. The lowest BCUT2D eigenvalue weighted by Crippen LogP contribution is -2.41. The molecule has 0 radical (unpaired) electrons. The van der Waals surface area contributed by atoms with E-state index < -0.39 is 32.6 Å². The van der Waals surface area contributed by atoms with E-state index in [-0.39, 0.29) is 16.2 Å². The summed E-state index contributed by atoms with van der Waals surface area (Å²) in [6.07, 6.45) is 0. The first-order valence-electron chi connectivity index (χ1n) is 8.62. The van der Waals surface area contributed by atoms with Crippen LogP contribution in [0.5, 0.6) is 5.75 Å². The Morgan fingerprint density at radius 3 is 2.41 bits per heavy atom. The summed E-state index contributed by atoms with van der Waals surface area (Å²) in [6.45, 7) is 2.99. The van der Waals surface area contributed by atoms with Crippen molar-refractivity contribution in [1.29, 1.82) is 0 Å². The summed E-state index contributed by atoms with van der Waals surface area (Å²) in [5, 5.41) is -0.749. The smallest absolute Gasteiger partial charge is 0.311 e. The molecule has 7 nitrogen and oxygen atoms in total. The largest absolute Gasteiger partial charge is 0.382 e. The summed E-state index contributed by atoms with van der Waals surface area (Å²) in [5.41, 5.74) is 5.01. The fourth-order valence-corrected chi connectivity index (χ4v) is 3.85. The lowest BCUT2D eigenvalue weighted by atomic mass is 9.82. The van der Waals surface area contributed by atoms with Crippen molar-refractivity contribution in [1.82, 2.24) is 4.90 Å². The molecule has 2 aromatic rings. The third-order valence-corrected chi connectivity index (χ3v) is 6.81. The van der Waals surface area contributed by atoms with Crippen LogP contribution < -0.4 is 9.92 Å². The van der Waals surface area contributed by atoms with E-state index in [1.54, 1.807) is 12.1 Å². The van der Waals surface area contributed by atoms with Crippen molar-refractivity contribution in [2.24, 2.45) is 10.7 Å². The highest BCUT2D eigenvalue weighted by atomic mass is 79.9. The highest BCUT2D eigenvalue weighted by Gasteiger charge is 2.50. The number of hydrogen-bond acceptors (Lipinski definition) is 6. The van der Waals surface area contributed by atoms with Crippen molar-refractivity contribution >= 4 is 37.9 Å². The minimum absolute atomic E-state index is 0.0171. The Bertz CT molecular complexity index is 1120. The Morgan fingerprint density at radius 2 is 1.86 bits per heavy atom. The molecule has 3 rings (SSSR count). The van der Waals surface area contributed by atoms with Gasteiger partial charge in [-0.05, 0) is 65.2 Å². The average Bonchev–Trinajstić information content (AvgIpc) is 2.89. The van der Waals surface area contributed by atoms with Gasteiger partial charge in [0.1, 0.15) is 11.6 Å². The standard InChI is InChI=1S/C19H19BrFN3O4S/c1-11(2)29(26,27)28-14-6-4-5-12(9-14)19(17(25)24(3)18(22)23-19)13-7-8-16(21)15(20)10-13/h4-11H,1-3H3,(H2,22,23). The summed E-state index contributed by atoms with van der Waals surface area (Å²) in [5.74, 6) is -0.943. The SMILES string of the molecule is CC(C)S(=O)(=O)Oc1cccc(C2(c3ccc(F)c(Br)c3)N=C(N)N(C)C2=O)c1. The number of aliphatic imine (C=N–C) groups is 1. The highest BCUT2D eigenvalue weighted by molar-refractivity contribution is 9.10. The van der Waals surface area contributed by atoms with Crippen LogP contribution in [0.2, 0.25) is 0 Å². The van der Waals surface area contributed by atoms with Crippen LogP contribution in [-0.2, 0) is 20.5 Å². The van der Waals surface area contributed by atoms with Gasteiger partial charge in [0.2, 0.25) is 0 Å². The second-order valence-corrected chi connectivity index (χ2v) is 9.78. The molecule has 0 fully saturated rings. The van der Waals surface area contributed by atoms with E-state index in [0.717, 1.165) is 0 Å². The maximum Gasteiger partial charge on any atom is 0.311 e. The van der Waals surface area contributed by atoms with Gasteiger partial charge < -0.3 is 9.92 Å². The van der Waals surface area contributed by atoms with Crippen LogP contribution in [0.3, 0.4) is 0 Å². The van der Waals surface area contributed by atoms with Crippen molar-refractivity contribution in [3.63, 3.8) is 0 Å². The van der Waals surface area contributed by atoms with Crippen LogP contribution in [0.4, 0.5) is 4.39 Å². The van der Waals surface area contributed by atoms with Crippen molar-refractivity contribution < 1.29 is 21.8 Å². The van der Waals surface area contributed by atoms with Crippen LogP contribution in [0.15, 0.2) is 51.9 Å². The molecule has 29 heavy (non-hydrogen) atoms. The summed E-state index contributed by atoms with van der Waals surface area (Å²) in [4.78, 5) is 18.8. The van der Waals surface area contributed by atoms with E-state index in [1.165, 1.54) is 56.1 Å². The van der Waals surface area contributed by atoms with Crippen LogP contribution in [-0.4, -0.2) is 37.5 Å². The first kappa shape index (κ1) is 21.3. The quantitative estimate of drug-likeness (QED) is 0.658. The fraction of sp³-hybridized carbons (Fsp3) is 0.263. The molecule has 2 aromatic carbocycles. The number of likely N-dealkylation sites (N-methyl/N-ethyl adjacent to an activating group) is 1. The number of halogens is 2. The number of amides is 1. The zero-order valence-electron chi connectivity index (χ0n) is 15.9. The molecule has 0 aromatic heterocycles. The molecule has 1 unspecified atom stereocenters. The molecule has 1 aliphatic heterocycles. The lowest BCUT2D eigenvalue weighted by Gasteiger charge is -2.26. The first-order valence-corrected chi connectivity index (χ1v) is 10.9. The molecule has 0 bridgehead atoms. The van der Waals surface area contributed by atoms with E-state index in [2.05, 4.69) is 20.9 Å². The molecule has 2 N–H and O–H groups in total. The number of guanidine groups is 1. The Kier molecular flexibility index (Phi) is 5.44. The predicted octanol–water partition coefficient (Wildman–Crippen LogP) is 2.74. The van der Waals surface area contributed by atoms with Gasteiger partial charge in [-0.3, -0.25) is 9.69 Å². The van der Waals surface area contributed by atoms with Crippen LogP contribution >= 0.6 is 15.9 Å². The van der Waals surface area contributed by atoms with E-state index in [0.29, 0.717) is 11.1 Å². The van der Waals surface area contributed by atoms with Gasteiger partial charge in [-0.15, -0.1) is 0 Å². The maximum atomic E-state index is 13.8. The highest BCUT2D eigenvalue weighted by Crippen LogP contribution is 2.41. The van der Waals surface area contributed by atoms with E-state index in [4.69, 9.17) is 9.92 Å². The zero-order valence-corrected chi connectivity index (χ0v) is 18.3. The molecule has 1 amide bonds. The molecular weight excluding hydrogens is 465 g/mol. The van der Waals surface area contributed by atoms with Gasteiger partial charge in [-0.1, -0.05) is 18.2 Å². The lowest BCUT2D eigenvalue weighted by molar-refractivity contribution is -0.129. The molecule has 0 aliphatic carbocycles. The maximum absolute atomic E-state index is 13.8. The van der Waals surface area contributed by atoms with Gasteiger partial charge in [0.05, 0.1) is 9.72 Å². The Balaban J connectivity index is 2.21. The van der Waals surface area contributed by atoms with Crippen LogP contribution in [0, 0.1) is 5.82 Å². The van der Waals surface area contributed by atoms with Crippen molar-refractivity contribution in [2.75, 3.05) is 7.05 Å². The van der Waals surface area contributed by atoms with Gasteiger partial charge in [-0.2, -0.15) is 8.42 Å². The molecular formula is C19H19BrFN3O4S. The molecule has 1 atom stereocenters. The monoisotopic (exact) mass is 483 g/mol. The number of hydrogen-bond donors (Lipinski definition) is 1. The van der Waals surface area contributed by atoms with Crippen molar-refractivity contribution in [3.05, 3.63) is 63.9 Å². The molecule has 10 heteroatoms. The Labute approximate surface area is 176 Å². The van der Waals surface area contributed by atoms with Crippen LogP contribution in [0.1, 0.15) is 25.0 Å². The average molecular weight is 484 g/mol. The number of rotatable bonds is 5. The number of carbonyl (C=O) groups excluding carboxylic acids is 1. The van der Waals surface area contributed by atoms with Gasteiger partial charge in [-0.25, -0.2) is 9.38 Å². The second kappa shape index (κ2) is 7.42. The van der Waals surface area contributed by atoms with Crippen molar-refractivity contribution in [2.45, 2.75) is 24.6 Å². The van der Waals surface area contributed by atoms with Gasteiger partial charge in [0.15, 0.2) is 11.5 Å². The number of nitrogens with zero attached hydrogens (tertiary/aromatic N) is 2. The fourth-order valence-electron chi connectivity index (χ4n) is 2.91. The minimum Gasteiger partial charge on any atom is -0.382 e. The molecule has 1 aliphatic rings. The summed E-state index contributed by atoms with van der Waals surface area (Å²) < 4.78 is 43.4. The molecule has 1 heterocycles. The summed E-state index contributed by atoms with van der Waals surface area (Å²) in [6, 6.07) is 10.1. The van der Waals surface area contributed by atoms with Gasteiger partial charge in [0.25, 0.3) is 5.91 Å². The topological polar surface area (TPSA) is 102 Å². The van der Waals surface area contributed by atoms with Gasteiger partial charge in [0, 0.05) is 7.05 Å². The molecule has 0 spiro atoms. The Hall–Kier alpha value is -2.46. The minimum atomic E-state index is -3.84. The second-order valence-electron chi connectivity index (χ2n) is 6.83. The van der Waals surface area contributed by atoms with E-state index >= 15 is 0 Å².